The molecule has 0 unspecified atom stereocenters. The third-order valence-electron chi connectivity index (χ3n) is 3.36. The van der Waals surface area contributed by atoms with Gasteiger partial charge in [-0.1, -0.05) is 24.3 Å². The Morgan fingerprint density at radius 3 is 2.74 bits per heavy atom. The summed E-state index contributed by atoms with van der Waals surface area (Å²) < 4.78 is 19.0. The first kappa shape index (κ1) is 16.3. The molecule has 0 radical (unpaired) electrons. The monoisotopic (exact) mass is 309 g/mol. The van der Waals surface area contributed by atoms with Gasteiger partial charge in [0, 0.05) is 11.1 Å². The molecule has 0 aliphatic rings. The second-order valence-electron chi connectivity index (χ2n) is 4.87. The zero-order valence-corrected chi connectivity index (χ0v) is 12.7. The van der Waals surface area contributed by atoms with E-state index in [1.54, 1.807) is 42.5 Å². The van der Waals surface area contributed by atoms with Crippen LogP contribution in [0.2, 0.25) is 0 Å². The number of hydrogen-bond donors (Lipinski definition) is 1. The molecule has 0 bridgehead atoms. The van der Waals surface area contributed by atoms with E-state index < -0.39 is 5.82 Å². The number of ether oxygens (including phenoxy) is 1. The molecule has 2 aromatic carbocycles. The van der Waals surface area contributed by atoms with E-state index in [9.17, 15) is 14.8 Å². The van der Waals surface area contributed by atoms with Crippen molar-refractivity contribution in [1.29, 1.82) is 5.26 Å². The highest BCUT2D eigenvalue weighted by atomic mass is 19.1. The summed E-state index contributed by atoms with van der Waals surface area (Å²) in [5.74, 6) is -0.132. The lowest BCUT2D eigenvalue weighted by Crippen LogP contribution is -1.92. The van der Waals surface area contributed by atoms with E-state index in [4.69, 9.17) is 4.74 Å². The molecular formula is C19H16FNO2. The van der Waals surface area contributed by atoms with Gasteiger partial charge in [-0.15, -0.1) is 6.58 Å². The van der Waals surface area contributed by atoms with Crippen molar-refractivity contribution in [2.45, 2.75) is 6.42 Å². The van der Waals surface area contributed by atoms with Gasteiger partial charge in [-0.3, -0.25) is 0 Å². The fraction of sp³-hybridized carbons (Fsp3) is 0.105. The number of aromatic hydroxyl groups is 1. The Morgan fingerprint density at radius 2 is 2.13 bits per heavy atom. The Labute approximate surface area is 134 Å². The van der Waals surface area contributed by atoms with Gasteiger partial charge in [-0.2, -0.15) is 5.26 Å². The van der Waals surface area contributed by atoms with Crippen molar-refractivity contribution in [2.24, 2.45) is 0 Å². The van der Waals surface area contributed by atoms with Crippen LogP contribution in [0, 0.1) is 17.1 Å². The van der Waals surface area contributed by atoms with Gasteiger partial charge >= 0.3 is 0 Å². The van der Waals surface area contributed by atoms with Crippen molar-refractivity contribution >= 4 is 11.6 Å². The maximum atomic E-state index is 13.9. The summed E-state index contributed by atoms with van der Waals surface area (Å²) in [6, 6.07) is 11.4. The van der Waals surface area contributed by atoms with Gasteiger partial charge in [0.25, 0.3) is 0 Å². The van der Waals surface area contributed by atoms with Crippen molar-refractivity contribution in [3.8, 4) is 17.6 Å². The molecule has 4 heteroatoms. The number of hydrogen-bond acceptors (Lipinski definition) is 3. The minimum Gasteiger partial charge on any atom is -0.504 e. The predicted octanol–water partition coefficient (Wildman–Crippen LogP) is 4.33. The van der Waals surface area contributed by atoms with Crippen LogP contribution in [0.3, 0.4) is 0 Å². The highest BCUT2D eigenvalue weighted by Crippen LogP contribution is 2.33. The number of nitrogens with zero attached hydrogens (tertiary/aromatic N) is 1. The molecule has 0 heterocycles. The zero-order chi connectivity index (χ0) is 16.8. The number of phenolic OH excluding ortho intramolecular Hbond substituents is 1. The standard InChI is InChI=1S/C19H16FNO2/c1-3-6-14-9-13(11-18(23-2)19(14)22)10-15(12-21)16-7-4-5-8-17(16)20/h3-5,7-11,22H,1,6H2,2H3. The van der Waals surface area contributed by atoms with E-state index in [1.807, 2.05) is 6.07 Å². The molecule has 0 saturated heterocycles. The van der Waals surface area contributed by atoms with Crippen molar-refractivity contribution < 1.29 is 14.2 Å². The average Bonchev–Trinajstić information content (AvgIpc) is 2.56. The molecule has 0 spiro atoms. The molecule has 0 aliphatic carbocycles. The average molecular weight is 309 g/mol. The van der Waals surface area contributed by atoms with Gasteiger partial charge in [0.2, 0.25) is 0 Å². The summed E-state index contributed by atoms with van der Waals surface area (Å²) in [4.78, 5) is 0. The Hall–Kier alpha value is -3.06. The summed E-state index contributed by atoms with van der Waals surface area (Å²) in [5, 5.41) is 19.4. The number of nitriles is 1. The summed E-state index contributed by atoms with van der Waals surface area (Å²) >= 11 is 0. The van der Waals surface area contributed by atoms with Crippen LogP contribution < -0.4 is 4.74 Å². The van der Waals surface area contributed by atoms with E-state index in [1.165, 1.54) is 13.2 Å². The van der Waals surface area contributed by atoms with Gasteiger partial charge in [-0.05, 0) is 36.3 Å². The molecule has 3 nitrogen and oxygen atoms in total. The summed E-state index contributed by atoms with van der Waals surface area (Å²) in [6.07, 6.45) is 3.67. The van der Waals surface area contributed by atoms with Crippen molar-refractivity contribution in [2.75, 3.05) is 7.11 Å². The lowest BCUT2D eigenvalue weighted by Gasteiger charge is -2.10. The van der Waals surface area contributed by atoms with E-state index in [-0.39, 0.29) is 16.9 Å². The minimum atomic E-state index is -0.461. The number of phenols is 1. The molecule has 2 rings (SSSR count). The second kappa shape index (κ2) is 7.28. The van der Waals surface area contributed by atoms with Crippen LogP contribution in [0.1, 0.15) is 16.7 Å². The van der Waals surface area contributed by atoms with Gasteiger partial charge in [0.05, 0.1) is 18.8 Å². The molecule has 2 aromatic rings. The van der Waals surface area contributed by atoms with Crippen LogP contribution >= 0.6 is 0 Å². The van der Waals surface area contributed by atoms with E-state index in [2.05, 4.69) is 6.58 Å². The molecule has 0 aliphatic heterocycles. The lowest BCUT2D eigenvalue weighted by atomic mass is 10.0. The Kier molecular flexibility index (Phi) is 5.16. The maximum absolute atomic E-state index is 13.9. The first-order chi connectivity index (χ1) is 11.1. The van der Waals surface area contributed by atoms with Crippen molar-refractivity contribution in [3.63, 3.8) is 0 Å². The summed E-state index contributed by atoms with van der Waals surface area (Å²) in [7, 11) is 1.45. The zero-order valence-electron chi connectivity index (χ0n) is 12.7. The van der Waals surface area contributed by atoms with Crippen molar-refractivity contribution in [1.82, 2.24) is 0 Å². The molecule has 1 N–H and O–H groups in total. The molecule has 116 valence electrons. The first-order valence-electron chi connectivity index (χ1n) is 6.98. The van der Waals surface area contributed by atoms with Crippen LogP contribution in [-0.4, -0.2) is 12.2 Å². The molecular weight excluding hydrogens is 293 g/mol. The van der Waals surface area contributed by atoms with Gasteiger partial charge in [0.15, 0.2) is 11.5 Å². The second-order valence-corrected chi connectivity index (χ2v) is 4.87. The van der Waals surface area contributed by atoms with Crippen LogP contribution in [-0.2, 0) is 6.42 Å². The predicted molar refractivity (Wildman–Crippen MR) is 88.4 cm³/mol. The molecule has 0 fully saturated rings. The maximum Gasteiger partial charge on any atom is 0.161 e. The number of halogens is 1. The smallest absolute Gasteiger partial charge is 0.161 e. The van der Waals surface area contributed by atoms with Crippen LogP contribution in [0.5, 0.6) is 11.5 Å². The van der Waals surface area contributed by atoms with Crippen LogP contribution in [0.4, 0.5) is 4.39 Å². The fourth-order valence-corrected chi connectivity index (χ4v) is 2.26. The summed E-state index contributed by atoms with van der Waals surface area (Å²) in [5.41, 5.74) is 1.68. The van der Waals surface area contributed by atoms with E-state index in [0.29, 0.717) is 23.3 Å². The third kappa shape index (κ3) is 3.58. The number of rotatable bonds is 5. The Bertz CT molecular complexity index is 804. The molecule has 0 aromatic heterocycles. The molecule has 0 saturated carbocycles. The number of methoxy groups -OCH3 is 1. The SMILES string of the molecule is C=CCc1cc(C=C(C#N)c2ccccc2F)cc(OC)c1O. The highest BCUT2D eigenvalue weighted by Gasteiger charge is 2.11. The van der Waals surface area contributed by atoms with Crippen molar-refractivity contribution in [3.05, 3.63) is 71.6 Å². The molecule has 0 amide bonds. The van der Waals surface area contributed by atoms with Crippen LogP contribution in [0.15, 0.2) is 49.1 Å². The molecule has 0 atom stereocenters. The van der Waals surface area contributed by atoms with Gasteiger partial charge < -0.3 is 9.84 Å². The number of benzene rings is 2. The largest absolute Gasteiger partial charge is 0.504 e. The fourth-order valence-electron chi connectivity index (χ4n) is 2.26. The Balaban J connectivity index is 2.56. The number of allylic oxidation sites excluding steroid dienone is 2. The normalized spacial score (nSPS) is 10.9. The van der Waals surface area contributed by atoms with Crippen LogP contribution in [0.25, 0.3) is 11.6 Å². The molecule has 23 heavy (non-hydrogen) atoms. The van der Waals surface area contributed by atoms with Gasteiger partial charge in [-0.25, -0.2) is 4.39 Å². The third-order valence-corrected chi connectivity index (χ3v) is 3.36. The highest BCUT2D eigenvalue weighted by molar-refractivity contribution is 5.90. The van der Waals surface area contributed by atoms with E-state index >= 15 is 0 Å². The topological polar surface area (TPSA) is 53.2 Å². The summed E-state index contributed by atoms with van der Waals surface area (Å²) in [6.45, 7) is 3.65. The quantitative estimate of drug-likeness (QED) is 0.508. The Morgan fingerprint density at radius 1 is 1.39 bits per heavy atom. The first-order valence-corrected chi connectivity index (χ1v) is 6.98. The minimum absolute atomic E-state index is 0.0361. The van der Waals surface area contributed by atoms with E-state index in [0.717, 1.165) is 0 Å². The lowest BCUT2D eigenvalue weighted by molar-refractivity contribution is 0.371. The van der Waals surface area contributed by atoms with Gasteiger partial charge in [0.1, 0.15) is 5.82 Å².